The van der Waals surface area contributed by atoms with Crippen molar-refractivity contribution < 1.29 is 9.18 Å². The van der Waals surface area contributed by atoms with Crippen molar-refractivity contribution in [1.29, 1.82) is 0 Å². The molecule has 0 heterocycles. The smallest absolute Gasteiger partial charge is 0.223 e. The van der Waals surface area contributed by atoms with Crippen molar-refractivity contribution in [2.45, 2.75) is 33.2 Å². The summed E-state index contributed by atoms with van der Waals surface area (Å²) in [6, 6.07) is 4.75. The van der Waals surface area contributed by atoms with Gasteiger partial charge in [-0.25, -0.2) is 4.39 Å². The van der Waals surface area contributed by atoms with E-state index in [1.807, 2.05) is 20.8 Å². The van der Waals surface area contributed by atoms with Gasteiger partial charge in [-0.05, 0) is 39.0 Å². The third kappa shape index (κ3) is 4.87. The number of rotatable bonds is 7. The predicted molar refractivity (Wildman–Crippen MR) is 83.1 cm³/mol. The Morgan fingerprint density at radius 3 is 2.65 bits per heavy atom. The van der Waals surface area contributed by atoms with Crippen molar-refractivity contribution in [1.82, 2.24) is 10.2 Å². The van der Waals surface area contributed by atoms with Crippen molar-refractivity contribution in [3.05, 3.63) is 34.1 Å². The zero-order valence-corrected chi connectivity index (χ0v) is 13.8. The molecule has 1 rings (SSSR count). The van der Waals surface area contributed by atoms with E-state index in [4.69, 9.17) is 0 Å². The minimum absolute atomic E-state index is 0.128. The third-order valence-corrected chi connectivity index (χ3v) is 3.82. The lowest BCUT2D eigenvalue weighted by molar-refractivity contribution is -0.130. The summed E-state index contributed by atoms with van der Waals surface area (Å²) in [5, 5.41) is 3.19. The summed E-state index contributed by atoms with van der Waals surface area (Å²) in [6.45, 7) is 7.83. The van der Waals surface area contributed by atoms with Crippen LogP contribution in [-0.2, 0) is 4.79 Å². The Bertz CT molecular complexity index is 449. The molecular weight excluding hydrogens is 323 g/mol. The van der Waals surface area contributed by atoms with Gasteiger partial charge in [-0.1, -0.05) is 15.9 Å². The standard InChI is InChI=1S/C15H22BrFN2O/c1-4-19(5-2)15(20)8-9-18-11(3)13-10-12(16)6-7-14(13)17/h6-7,10-11,18H,4-5,8-9H2,1-3H3. The van der Waals surface area contributed by atoms with E-state index >= 15 is 0 Å². The fourth-order valence-corrected chi connectivity index (χ4v) is 2.47. The molecule has 5 heteroatoms. The second-order valence-electron chi connectivity index (χ2n) is 4.66. The minimum Gasteiger partial charge on any atom is -0.343 e. The maximum absolute atomic E-state index is 13.7. The fraction of sp³-hybridized carbons (Fsp3) is 0.533. The van der Waals surface area contributed by atoms with Crippen LogP contribution in [0.25, 0.3) is 0 Å². The van der Waals surface area contributed by atoms with Crippen molar-refractivity contribution >= 4 is 21.8 Å². The van der Waals surface area contributed by atoms with Crippen molar-refractivity contribution in [3.8, 4) is 0 Å². The Morgan fingerprint density at radius 1 is 1.40 bits per heavy atom. The van der Waals surface area contributed by atoms with Gasteiger partial charge in [-0.15, -0.1) is 0 Å². The van der Waals surface area contributed by atoms with E-state index in [0.717, 1.165) is 17.6 Å². The van der Waals surface area contributed by atoms with Crippen LogP contribution in [-0.4, -0.2) is 30.4 Å². The highest BCUT2D eigenvalue weighted by atomic mass is 79.9. The highest BCUT2D eigenvalue weighted by molar-refractivity contribution is 9.10. The summed E-state index contributed by atoms with van der Waals surface area (Å²) in [7, 11) is 0. The van der Waals surface area contributed by atoms with Gasteiger partial charge in [0.05, 0.1) is 0 Å². The van der Waals surface area contributed by atoms with Crippen LogP contribution in [0.3, 0.4) is 0 Å². The van der Waals surface area contributed by atoms with Gasteiger partial charge in [-0.2, -0.15) is 0 Å². The van der Waals surface area contributed by atoms with Gasteiger partial charge in [0.1, 0.15) is 5.82 Å². The lowest BCUT2D eigenvalue weighted by Crippen LogP contribution is -2.33. The first kappa shape index (κ1) is 17.1. The van der Waals surface area contributed by atoms with Gasteiger partial charge < -0.3 is 10.2 Å². The second-order valence-corrected chi connectivity index (χ2v) is 5.57. The van der Waals surface area contributed by atoms with E-state index in [-0.39, 0.29) is 17.8 Å². The number of benzene rings is 1. The molecule has 0 aliphatic heterocycles. The molecule has 20 heavy (non-hydrogen) atoms. The molecule has 0 fully saturated rings. The summed E-state index contributed by atoms with van der Waals surface area (Å²) in [5.41, 5.74) is 0.606. The van der Waals surface area contributed by atoms with Gasteiger partial charge >= 0.3 is 0 Å². The van der Waals surface area contributed by atoms with E-state index in [1.165, 1.54) is 6.07 Å². The molecule has 0 aliphatic rings. The predicted octanol–water partition coefficient (Wildman–Crippen LogP) is 3.50. The second kappa shape index (κ2) is 8.37. The molecule has 0 aromatic heterocycles. The molecule has 1 atom stereocenters. The topological polar surface area (TPSA) is 32.3 Å². The zero-order valence-electron chi connectivity index (χ0n) is 12.2. The average molecular weight is 345 g/mol. The van der Waals surface area contributed by atoms with Crippen LogP contribution in [0.15, 0.2) is 22.7 Å². The summed E-state index contributed by atoms with van der Waals surface area (Å²) < 4.78 is 14.6. The Balaban J connectivity index is 2.49. The SMILES string of the molecule is CCN(CC)C(=O)CCNC(C)c1cc(Br)ccc1F. The third-order valence-electron chi connectivity index (χ3n) is 3.33. The Labute approximate surface area is 128 Å². The molecule has 0 saturated heterocycles. The van der Waals surface area contributed by atoms with Crippen LogP contribution in [0.4, 0.5) is 4.39 Å². The molecule has 0 aliphatic carbocycles. The van der Waals surface area contributed by atoms with Gasteiger partial charge in [-0.3, -0.25) is 4.79 Å². The Hall–Kier alpha value is -0.940. The highest BCUT2D eigenvalue weighted by Gasteiger charge is 2.13. The first-order valence-corrected chi connectivity index (χ1v) is 7.75. The first-order valence-electron chi connectivity index (χ1n) is 6.95. The molecule has 1 aromatic carbocycles. The zero-order chi connectivity index (χ0) is 15.1. The first-order chi connectivity index (χ1) is 9.49. The molecule has 0 radical (unpaired) electrons. The van der Waals surface area contributed by atoms with Crippen molar-refractivity contribution in [3.63, 3.8) is 0 Å². The summed E-state index contributed by atoms with van der Waals surface area (Å²) in [5.74, 6) is -0.104. The summed E-state index contributed by atoms with van der Waals surface area (Å²) in [4.78, 5) is 13.6. The Morgan fingerprint density at radius 2 is 2.05 bits per heavy atom. The number of carbonyl (C=O) groups excluding carboxylic acids is 1. The summed E-state index contributed by atoms with van der Waals surface area (Å²) in [6.07, 6.45) is 0.432. The fourth-order valence-electron chi connectivity index (χ4n) is 2.09. The van der Waals surface area contributed by atoms with Crippen LogP contribution in [0, 0.1) is 5.82 Å². The van der Waals surface area contributed by atoms with E-state index in [2.05, 4.69) is 21.2 Å². The number of carbonyl (C=O) groups is 1. The van der Waals surface area contributed by atoms with E-state index in [9.17, 15) is 9.18 Å². The van der Waals surface area contributed by atoms with E-state index < -0.39 is 0 Å². The van der Waals surface area contributed by atoms with E-state index in [1.54, 1.807) is 17.0 Å². The largest absolute Gasteiger partial charge is 0.343 e. The van der Waals surface area contributed by atoms with Crippen LogP contribution >= 0.6 is 15.9 Å². The molecule has 0 saturated carbocycles. The van der Waals surface area contributed by atoms with Gasteiger partial charge in [0, 0.05) is 42.1 Å². The van der Waals surface area contributed by atoms with Crippen molar-refractivity contribution in [2.75, 3.05) is 19.6 Å². The Kier molecular flexibility index (Phi) is 7.16. The number of hydrogen-bond donors (Lipinski definition) is 1. The van der Waals surface area contributed by atoms with Crippen LogP contribution in [0.1, 0.15) is 38.8 Å². The normalized spacial score (nSPS) is 12.2. The molecule has 1 N–H and O–H groups in total. The summed E-state index contributed by atoms with van der Waals surface area (Å²) >= 11 is 3.34. The van der Waals surface area contributed by atoms with Gasteiger partial charge in [0.2, 0.25) is 5.91 Å². The number of nitrogens with one attached hydrogen (secondary N) is 1. The van der Waals surface area contributed by atoms with Crippen LogP contribution < -0.4 is 5.32 Å². The van der Waals surface area contributed by atoms with Crippen LogP contribution in [0.2, 0.25) is 0 Å². The van der Waals surface area contributed by atoms with Gasteiger partial charge in [0.25, 0.3) is 0 Å². The minimum atomic E-state index is -0.233. The molecule has 1 aromatic rings. The number of halogens is 2. The average Bonchev–Trinajstić information content (AvgIpc) is 2.42. The molecule has 3 nitrogen and oxygen atoms in total. The van der Waals surface area contributed by atoms with Gasteiger partial charge in [0.15, 0.2) is 0 Å². The van der Waals surface area contributed by atoms with Crippen LogP contribution in [0.5, 0.6) is 0 Å². The maximum Gasteiger partial charge on any atom is 0.223 e. The number of amides is 1. The van der Waals surface area contributed by atoms with E-state index in [0.29, 0.717) is 18.5 Å². The lowest BCUT2D eigenvalue weighted by Gasteiger charge is -2.20. The molecule has 0 spiro atoms. The molecule has 112 valence electrons. The molecular formula is C15H22BrFN2O. The molecule has 0 bridgehead atoms. The molecule has 1 unspecified atom stereocenters. The monoisotopic (exact) mass is 344 g/mol. The molecule has 1 amide bonds. The maximum atomic E-state index is 13.7. The number of nitrogens with zero attached hydrogens (tertiary/aromatic N) is 1. The lowest BCUT2D eigenvalue weighted by atomic mass is 10.1. The highest BCUT2D eigenvalue weighted by Crippen LogP contribution is 2.21. The van der Waals surface area contributed by atoms with Crippen molar-refractivity contribution in [2.24, 2.45) is 0 Å². The number of hydrogen-bond acceptors (Lipinski definition) is 2. The quantitative estimate of drug-likeness (QED) is 0.820.